The summed E-state index contributed by atoms with van der Waals surface area (Å²) in [6, 6.07) is 3.18. The maximum atomic E-state index is 11.8. The van der Waals surface area contributed by atoms with Crippen molar-refractivity contribution < 1.29 is 23.5 Å². The second-order valence-corrected chi connectivity index (χ2v) is 4.44. The molecule has 0 aliphatic carbocycles. The van der Waals surface area contributed by atoms with Gasteiger partial charge in [0.15, 0.2) is 0 Å². The number of hydrogen-bond donors (Lipinski definition) is 1. The fourth-order valence-electron chi connectivity index (χ4n) is 1.93. The Hall–Kier alpha value is -2.08. The monoisotopic (exact) mass is 308 g/mol. The summed E-state index contributed by atoms with van der Waals surface area (Å²) < 4.78 is 11.1. The average Bonchev–Trinajstić information content (AvgIpc) is 2.96. The maximum absolute atomic E-state index is 11.8. The van der Waals surface area contributed by atoms with E-state index in [1.54, 1.807) is 6.07 Å². The molecule has 5 nitrogen and oxygen atoms in total. The number of rotatable bonds is 2. The number of ketones is 1. The Balaban J connectivity index is 2.55. The summed E-state index contributed by atoms with van der Waals surface area (Å²) in [6.07, 6.45) is 2.79. The Morgan fingerprint density at radius 1 is 1.06 bits per heavy atom. The Labute approximate surface area is 108 Å². The Morgan fingerprint density at radius 3 is 2.33 bits per heavy atom. The molecule has 3 rings (SSSR count). The van der Waals surface area contributed by atoms with Crippen LogP contribution in [-0.2, 0) is 4.79 Å². The van der Waals surface area contributed by atoms with E-state index in [9.17, 15) is 9.59 Å². The van der Waals surface area contributed by atoms with Crippen LogP contribution in [0.5, 0.6) is 0 Å². The summed E-state index contributed by atoms with van der Waals surface area (Å²) in [5, 5.41) is 9.88. The lowest BCUT2D eigenvalue weighted by atomic mass is 10.0. The predicted octanol–water partition coefficient (Wildman–Crippen LogP) is 3.21. The largest absolute Gasteiger partial charge is 0.475 e. The molecule has 1 N–H and O–H groups in total. The first-order chi connectivity index (χ1) is 8.61. The van der Waals surface area contributed by atoms with Crippen molar-refractivity contribution in [2.24, 2.45) is 0 Å². The number of hydrogen-bond acceptors (Lipinski definition) is 4. The van der Waals surface area contributed by atoms with E-state index in [1.165, 1.54) is 18.6 Å². The first-order valence-corrected chi connectivity index (χ1v) is 5.74. The number of halogens is 1. The number of fused-ring (bicyclic) bond motifs is 2. The second-order valence-electron chi connectivity index (χ2n) is 3.65. The summed E-state index contributed by atoms with van der Waals surface area (Å²) in [5.41, 5.74) is 0.672. The molecule has 18 heavy (non-hydrogen) atoms. The number of furan rings is 2. The van der Waals surface area contributed by atoms with Crippen molar-refractivity contribution in [1.82, 2.24) is 0 Å². The summed E-state index contributed by atoms with van der Waals surface area (Å²) >= 11 is 3.35. The number of carbonyl (C=O) groups excluding carboxylic acids is 1. The molecule has 0 aliphatic heterocycles. The van der Waals surface area contributed by atoms with Crippen molar-refractivity contribution in [2.45, 2.75) is 0 Å². The lowest BCUT2D eigenvalue weighted by molar-refractivity contribution is -0.131. The maximum Gasteiger partial charge on any atom is 0.377 e. The van der Waals surface area contributed by atoms with Crippen molar-refractivity contribution in [3.63, 3.8) is 0 Å². The quantitative estimate of drug-likeness (QED) is 0.581. The minimum absolute atomic E-state index is 0.00875. The number of aliphatic carboxylic acids is 1. The standard InChI is InChI=1S/C12H5BrO5/c13-8-6-2-4-17-10(6)7(9(14)12(15)16)5-1-3-18-11(5)8/h1-4H,(H,15,16). The molecule has 0 radical (unpaired) electrons. The summed E-state index contributed by atoms with van der Waals surface area (Å²) in [6.45, 7) is 0. The minimum atomic E-state index is -1.53. The fraction of sp³-hybridized carbons (Fsp3) is 0. The van der Waals surface area contributed by atoms with E-state index >= 15 is 0 Å². The highest BCUT2D eigenvalue weighted by Gasteiger charge is 2.26. The molecule has 0 aliphatic rings. The fourth-order valence-corrected chi connectivity index (χ4v) is 2.55. The first-order valence-electron chi connectivity index (χ1n) is 4.94. The highest BCUT2D eigenvalue weighted by Crippen LogP contribution is 2.37. The smallest absolute Gasteiger partial charge is 0.377 e. The topological polar surface area (TPSA) is 80.6 Å². The zero-order valence-corrected chi connectivity index (χ0v) is 10.4. The van der Waals surface area contributed by atoms with Crippen LogP contribution in [0.2, 0.25) is 0 Å². The molecular weight excluding hydrogens is 304 g/mol. The Morgan fingerprint density at radius 2 is 1.67 bits per heavy atom. The van der Waals surface area contributed by atoms with Gasteiger partial charge in [-0.1, -0.05) is 0 Å². The number of carbonyl (C=O) groups is 2. The lowest BCUT2D eigenvalue weighted by Crippen LogP contribution is -2.13. The predicted molar refractivity (Wildman–Crippen MR) is 65.7 cm³/mol. The van der Waals surface area contributed by atoms with Gasteiger partial charge in [-0.3, -0.25) is 4.79 Å². The van der Waals surface area contributed by atoms with Gasteiger partial charge in [0.05, 0.1) is 22.6 Å². The molecule has 0 saturated heterocycles. The van der Waals surface area contributed by atoms with Gasteiger partial charge in [-0.05, 0) is 28.1 Å². The van der Waals surface area contributed by atoms with Crippen LogP contribution >= 0.6 is 15.9 Å². The molecule has 0 saturated carbocycles. The molecule has 2 heterocycles. The van der Waals surface area contributed by atoms with Gasteiger partial charge in [0, 0.05) is 10.8 Å². The van der Waals surface area contributed by atoms with E-state index in [2.05, 4.69) is 15.9 Å². The van der Waals surface area contributed by atoms with Crippen LogP contribution in [-0.4, -0.2) is 16.9 Å². The highest BCUT2D eigenvalue weighted by molar-refractivity contribution is 9.10. The number of benzene rings is 1. The number of Topliss-reactive ketones (excluding diaryl/α,β-unsaturated/α-hetero) is 1. The van der Waals surface area contributed by atoms with Crippen molar-refractivity contribution in [2.75, 3.05) is 0 Å². The van der Waals surface area contributed by atoms with E-state index in [4.69, 9.17) is 13.9 Å². The molecule has 0 bridgehead atoms. The van der Waals surface area contributed by atoms with E-state index in [1.807, 2.05) is 0 Å². The molecule has 90 valence electrons. The van der Waals surface area contributed by atoms with Crippen LogP contribution in [0.25, 0.3) is 21.9 Å². The molecular formula is C12H5BrO5. The van der Waals surface area contributed by atoms with Gasteiger partial charge in [0.2, 0.25) is 0 Å². The molecule has 0 spiro atoms. The van der Waals surface area contributed by atoms with E-state index in [0.29, 0.717) is 20.8 Å². The molecule has 3 aromatic rings. The van der Waals surface area contributed by atoms with E-state index < -0.39 is 11.8 Å². The van der Waals surface area contributed by atoms with Crippen molar-refractivity contribution in [3.8, 4) is 0 Å². The zero-order chi connectivity index (χ0) is 12.9. The molecule has 0 amide bonds. The molecule has 6 heteroatoms. The van der Waals surface area contributed by atoms with E-state index in [0.717, 1.165) is 0 Å². The van der Waals surface area contributed by atoms with Gasteiger partial charge in [-0.25, -0.2) is 4.79 Å². The third-order valence-electron chi connectivity index (χ3n) is 2.68. The van der Waals surface area contributed by atoms with Crippen LogP contribution in [0.3, 0.4) is 0 Å². The zero-order valence-electron chi connectivity index (χ0n) is 8.77. The summed E-state index contributed by atoms with van der Waals surface area (Å²) in [7, 11) is 0. The summed E-state index contributed by atoms with van der Waals surface area (Å²) in [5.74, 6) is -2.55. The van der Waals surface area contributed by atoms with Crippen LogP contribution in [0.4, 0.5) is 0 Å². The number of carboxylic acid groups (broad SMARTS) is 1. The van der Waals surface area contributed by atoms with E-state index in [-0.39, 0.29) is 11.1 Å². The molecule has 1 aromatic carbocycles. The lowest BCUT2D eigenvalue weighted by Gasteiger charge is -2.02. The second kappa shape index (κ2) is 3.71. The van der Waals surface area contributed by atoms with Gasteiger partial charge in [0.1, 0.15) is 11.2 Å². The van der Waals surface area contributed by atoms with Gasteiger partial charge in [-0.2, -0.15) is 0 Å². The molecule has 0 unspecified atom stereocenters. The molecule has 0 fully saturated rings. The minimum Gasteiger partial charge on any atom is -0.475 e. The summed E-state index contributed by atoms with van der Waals surface area (Å²) in [4.78, 5) is 22.6. The number of carboxylic acids is 1. The Kier molecular flexibility index (Phi) is 2.27. The normalized spacial score (nSPS) is 11.2. The van der Waals surface area contributed by atoms with Crippen LogP contribution in [0.15, 0.2) is 38.0 Å². The highest BCUT2D eigenvalue weighted by atomic mass is 79.9. The van der Waals surface area contributed by atoms with Gasteiger partial charge >= 0.3 is 5.97 Å². The average molecular weight is 309 g/mol. The van der Waals surface area contributed by atoms with Crippen molar-refractivity contribution in [1.29, 1.82) is 0 Å². The van der Waals surface area contributed by atoms with Crippen molar-refractivity contribution >= 4 is 49.6 Å². The SMILES string of the molecule is O=C(O)C(=O)c1c2ccoc2c(Br)c2ccoc12. The Bertz CT molecular complexity index is 744. The first kappa shape index (κ1) is 11.0. The van der Waals surface area contributed by atoms with Crippen LogP contribution in [0, 0.1) is 0 Å². The van der Waals surface area contributed by atoms with Crippen LogP contribution in [0.1, 0.15) is 10.4 Å². The van der Waals surface area contributed by atoms with Crippen LogP contribution < -0.4 is 0 Å². The van der Waals surface area contributed by atoms with Crippen molar-refractivity contribution in [3.05, 3.63) is 34.7 Å². The molecule has 0 atom stereocenters. The van der Waals surface area contributed by atoms with Gasteiger partial charge < -0.3 is 13.9 Å². The van der Waals surface area contributed by atoms with Gasteiger partial charge in [0.25, 0.3) is 5.78 Å². The third-order valence-corrected chi connectivity index (χ3v) is 3.47. The molecule has 2 aromatic heterocycles. The van der Waals surface area contributed by atoms with Gasteiger partial charge in [-0.15, -0.1) is 0 Å². The third kappa shape index (κ3) is 1.32.